The maximum Gasteiger partial charge on any atom is 0.248 e. The Hall–Kier alpha value is -1.46. The van der Waals surface area contributed by atoms with Crippen molar-refractivity contribution in [1.29, 1.82) is 0 Å². The van der Waals surface area contributed by atoms with Crippen molar-refractivity contribution in [2.75, 3.05) is 0 Å². The third-order valence-electron chi connectivity index (χ3n) is 2.63. The number of nitrogens with zero attached hydrogens (tertiary/aromatic N) is 2. The average molecular weight is 219 g/mol. The van der Waals surface area contributed by atoms with E-state index in [1.807, 2.05) is 42.9 Å². The molecule has 3 heteroatoms. The van der Waals surface area contributed by atoms with Crippen LogP contribution >= 0.6 is 11.6 Å². The Morgan fingerprint density at radius 3 is 2.87 bits per heavy atom. The molecule has 0 spiro atoms. The van der Waals surface area contributed by atoms with Gasteiger partial charge in [0.1, 0.15) is 0 Å². The van der Waals surface area contributed by atoms with E-state index < -0.39 is 0 Å². The fourth-order valence-corrected chi connectivity index (χ4v) is 1.96. The van der Waals surface area contributed by atoms with Crippen molar-refractivity contribution in [3.8, 4) is 0 Å². The third kappa shape index (κ3) is 1.60. The van der Waals surface area contributed by atoms with Crippen LogP contribution in [-0.4, -0.2) is 4.57 Å². The zero-order valence-corrected chi connectivity index (χ0v) is 9.42. The fraction of sp³-hybridized carbons (Fsp3) is 0.250. The van der Waals surface area contributed by atoms with Crippen LogP contribution in [0.25, 0.3) is 15.7 Å². The summed E-state index contributed by atoms with van der Waals surface area (Å²) < 4.78 is 2.01. The van der Waals surface area contributed by atoms with Crippen molar-refractivity contribution in [1.82, 2.24) is 4.57 Å². The van der Waals surface area contributed by atoms with Crippen LogP contribution in [0.15, 0.2) is 24.4 Å². The lowest BCUT2D eigenvalue weighted by Crippen LogP contribution is -1.84. The highest BCUT2D eigenvalue weighted by Crippen LogP contribution is 2.29. The van der Waals surface area contributed by atoms with Gasteiger partial charge in [-0.1, -0.05) is 17.7 Å². The molecule has 0 fully saturated rings. The summed E-state index contributed by atoms with van der Waals surface area (Å²) in [4.78, 5) is 3.55. The van der Waals surface area contributed by atoms with Crippen LogP contribution in [0.2, 0.25) is 5.02 Å². The van der Waals surface area contributed by atoms with E-state index in [0.29, 0.717) is 0 Å². The molecule has 2 rings (SSSR count). The van der Waals surface area contributed by atoms with Crippen molar-refractivity contribution in [3.63, 3.8) is 0 Å². The van der Waals surface area contributed by atoms with E-state index in [-0.39, 0.29) is 6.04 Å². The van der Waals surface area contributed by atoms with E-state index in [1.165, 1.54) is 0 Å². The first-order valence-corrected chi connectivity index (χ1v) is 5.12. The van der Waals surface area contributed by atoms with Gasteiger partial charge >= 0.3 is 0 Å². The predicted octanol–water partition coefficient (Wildman–Crippen LogP) is 3.81. The first kappa shape index (κ1) is 10.1. The highest BCUT2D eigenvalue weighted by atomic mass is 35.5. The zero-order chi connectivity index (χ0) is 11.0. The molecular weight excluding hydrogens is 208 g/mol. The van der Waals surface area contributed by atoms with Crippen molar-refractivity contribution in [3.05, 3.63) is 46.4 Å². The minimum Gasteiger partial charge on any atom is -0.350 e. The summed E-state index contributed by atoms with van der Waals surface area (Å²) in [5.74, 6) is 0. The van der Waals surface area contributed by atoms with Crippen LogP contribution in [0.5, 0.6) is 0 Å². The molecule has 0 amide bonds. The molecular formula is C12H11ClN2. The summed E-state index contributed by atoms with van der Waals surface area (Å²) in [6.45, 7) is 8.98. The summed E-state index contributed by atoms with van der Waals surface area (Å²) in [6, 6.07) is 5.67. The molecule has 1 heterocycles. The standard InChI is InChI=1S/C12H11ClN2/c1-8(14-2)11-7-15(3)12-6-9(13)4-5-10(11)12/h4-8H,1,3H3. The molecule has 1 aromatic carbocycles. The first-order chi connectivity index (χ1) is 7.13. The summed E-state index contributed by atoms with van der Waals surface area (Å²) in [6.07, 6.45) is 2.00. The average Bonchev–Trinajstić information content (AvgIpc) is 2.55. The molecule has 0 aliphatic rings. The lowest BCUT2D eigenvalue weighted by atomic mass is 10.1. The number of hydrogen-bond donors (Lipinski definition) is 0. The minimum atomic E-state index is -0.102. The van der Waals surface area contributed by atoms with Crippen LogP contribution in [0, 0.1) is 6.57 Å². The SMILES string of the molecule is [C-]#[N+]C(C)c1cn(C)c2cc(Cl)ccc12. The van der Waals surface area contributed by atoms with Crippen LogP contribution in [0.4, 0.5) is 0 Å². The molecule has 0 bridgehead atoms. The maximum atomic E-state index is 7.06. The van der Waals surface area contributed by atoms with E-state index in [4.69, 9.17) is 18.2 Å². The molecule has 0 radical (unpaired) electrons. The van der Waals surface area contributed by atoms with E-state index >= 15 is 0 Å². The van der Waals surface area contributed by atoms with Crippen molar-refractivity contribution >= 4 is 22.5 Å². The predicted molar refractivity (Wildman–Crippen MR) is 62.9 cm³/mol. The molecule has 0 N–H and O–H groups in total. The van der Waals surface area contributed by atoms with E-state index in [1.54, 1.807) is 0 Å². The number of benzene rings is 1. The molecule has 1 unspecified atom stereocenters. The summed E-state index contributed by atoms with van der Waals surface area (Å²) >= 11 is 5.94. The van der Waals surface area contributed by atoms with Crippen LogP contribution in [0.3, 0.4) is 0 Å². The number of hydrogen-bond acceptors (Lipinski definition) is 0. The summed E-state index contributed by atoms with van der Waals surface area (Å²) in [7, 11) is 1.97. The second kappa shape index (κ2) is 3.60. The van der Waals surface area contributed by atoms with Crippen LogP contribution < -0.4 is 0 Å². The Morgan fingerprint density at radius 2 is 2.20 bits per heavy atom. The van der Waals surface area contributed by atoms with E-state index in [9.17, 15) is 0 Å². The first-order valence-electron chi connectivity index (χ1n) is 4.74. The highest BCUT2D eigenvalue weighted by Gasteiger charge is 2.15. The fourth-order valence-electron chi connectivity index (χ4n) is 1.79. The molecule has 0 aliphatic heterocycles. The molecule has 1 aromatic heterocycles. The Bertz CT molecular complexity index is 548. The van der Waals surface area contributed by atoms with E-state index in [2.05, 4.69) is 4.85 Å². The largest absolute Gasteiger partial charge is 0.350 e. The Balaban J connectivity index is 2.74. The van der Waals surface area contributed by atoms with Crippen LogP contribution in [-0.2, 0) is 7.05 Å². The van der Waals surface area contributed by atoms with E-state index in [0.717, 1.165) is 21.5 Å². The molecule has 2 aromatic rings. The monoisotopic (exact) mass is 218 g/mol. The topological polar surface area (TPSA) is 9.29 Å². The van der Waals surface area contributed by atoms with Gasteiger partial charge in [0.15, 0.2) is 0 Å². The molecule has 1 atom stereocenters. The van der Waals surface area contributed by atoms with Gasteiger partial charge in [0.2, 0.25) is 6.04 Å². The molecule has 0 saturated carbocycles. The molecule has 2 nitrogen and oxygen atoms in total. The van der Waals surface area contributed by atoms with Gasteiger partial charge in [-0.3, -0.25) is 0 Å². The lowest BCUT2D eigenvalue weighted by Gasteiger charge is -1.97. The van der Waals surface area contributed by atoms with Gasteiger partial charge in [-0.05, 0) is 12.1 Å². The Morgan fingerprint density at radius 1 is 1.47 bits per heavy atom. The van der Waals surface area contributed by atoms with Crippen molar-refractivity contribution in [2.24, 2.45) is 7.05 Å². The molecule has 15 heavy (non-hydrogen) atoms. The normalized spacial score (nSPS) is 12.7. The van der Waals surface area contributed by atoms with Gasteiger partial charge in [-0.2, -0.15) is 0 Å². The Labute approximate surface area is 93.9 Å². The minimum absolute atomic E-state index is 0.102. The number of halogens is 1. The number of fused-ring (bicyclic) bond motifs is 1. The van der Waals surface area contributed by atoms with Crippen LogP contribution in [0.1, 0.15) is 18.5 Å². The molecule has 0 saturated heterocycles. The number of rotatable bonds is 1. The Kier molecular flexibility index (Phi) is 2.42. The maximum absolute atomic E-state index is 7.06. The van der Waals surface area contributed by atoms with Gasteiger partial charge in [-0.25, -0.2) is 6.57 Å². The highest BCUT2D eigenvalue weighted by molar-refractivity contribution is 6.31. The summed E-state index contributed by atoms with van der Waals surface area (Å²) in [5.41, 5.74) is 2.15. The van der Waals surface area contributed by atoms with Crippen molar-refractivity contribution < 1.29 is 0 Å². The van der Waals surface area contributed by atoms with Gasteiger partial charge in [0.25, 0.3) is 0 Å². The quantitative estimate of drug-likeness (QED) is 0.644. The molecule has 76 valence electrons. The van der Waals surface area contributed by atoms with Gasteiger partial charge < -0.3 is 9.41 Å². The third-order valence-corrected chi connectivity index (χ3v) is 2.86. The number of aromatic nitrogens is 1. The van der Waals surface area contributed by atoms with Crippen molar-refractivity contribution in [2.45, 2.75) is 13.0 Å². The number of aryl methyl sites for hydroxylation is 1. The van der Waals surface area contributed by atoms with Gasteiger partial charge in [0, 0.05) is 36.1 Å². The second-order valence-electron chi connectivity index (χ2n) is 3.66. The summed E-state index contributed by atoms with van der Waals surface area (Å²) in [5, 5.41) is 1.84. The lowest BCUT2D eigenvalue weighted by molar-refractivity contribution is 0.919. The van der Waals surface area contributed by atoms with Gasteiger partial charge in [0.05, 0.1) is 5.56 Å². The second-order valence-corrected chi connectivity index (χ2v) is 4.10. The van der Waals surface area contributed by atoms with Gasteiger partial charge in [-0.15, -0.1) is 0 Å². The molecule has 0 aliphatic carbocycles. The zero-order valence-electron chi connectivity index (χ0n) is 8.66. The smallest absolute Gasteiger partial charge is 0.248 e.